The highest BCUT2D eigenvalue weighted by molar-refractivity contribution is 5.89. The second-order valence-electron chi connectivity index (χ2n) is 7.58. The number of carbonyl (C=O) groups is 1. The Labute approximate surface area is 212 Å². The van der Waals surface area contributed by atoms with Crippen LogP contribution in [-0.4, -0.2) is 34.4 Å². The molecule has 4 aromatic rings. The van der Waals surface area contributed by atoms with E-state index in [0.29, 0.717) is 34.3 Å². The third kappa shape index (κ3) is 5.67. The molecule has 9 nitrogen and oxygen atoms in total. The van der Waals surface area contributed by atoms with Crippen LogP contribution in [0.5, 0.6) is 40.2 Å². The maximum Gasteiger partial charge on any atom is 0.336 e. The lowest BCUT2D eigenvalue weighted by molar-refractivity contribution is -0.128. The van der Waals surface area contributed by atoms with Crippen LogP contribution >= 0.6 is 0 Å². The van der Waals surface area contributed by atoms with Gasteiger partial charge in [-0.05, 0) is 60.2 Å². The van der Waals surface area contributed by atoms with Gasteiger partial charge in [0.2, 0.25) is 16.9 Å². The second kappa shape index (κ2) is 11.2. The molecule has 9 heteroatoms. The Morgan fingerprint density at radius 2 is 1.41 bits per heavy atom. The van der Waals surface area contributed by atoms with Gasteiger partial charge in [0, 0.05) is 12.1 Å². The van der Waals surface area contributed by atoms with Crippen LogP contribution in [0.4, 0.5) is 0 Å². The molecule has 0 saturated heterocycles. The van der Waals surface area contributed by atoms with E-state index < -0.39 is 5.97 Å². The van der Waals surface area contributed by atoms with Crippen molar-refractivity contribution in [3.63, 3.8) is 0 Å². The number of rotatable bonds is 9. The molecule has 0 spiro atoms. The van der Waals surface area contributed by atoms with Crippen molar-refractivity contribution < 1.29 is 37.6 Å². The molecule has 0 atom stereocenters. The molecule has 1 aromatic heterocycles. The van der Waals surface area contributed by atoms with Crippen molar-refractivity contribution in [2.24, 2.45) is 0 Å². The smallest absolute Gasteiger partial charge is 0.336 e. The Hall–Kier alpha value is -4.92. The van der Waals surface area contributed by atoms with Crippen LogP contribution in [0.2, 0.25) is 0 Å². The quantitative estimate of drug-likeness (QED) is 0.172. The average molecular weight is 504 g/mol. The van der Waals surface area contributed by atoms with Gasteiger partial charge in [0.15, 0.2) is 11.5 Å². The molecule has 0 aliphatic rings. The highest BCUT2D eigenvalue weighted by atomic mass is 16.5. The van der Waals surface area contributed by atoms with Crippen LogP contribution in [0, 0.1) is 0 Å². The van der Waals surface area contributed by atoms with Crippen molar-refractivity contribution in [1.82, 2.24) is 0 Å². The predicted octanol–water partition coefficient (Wildman–Crippen LogP) is 5.24. The van der Waals surface area contributed by atoms with Gasteiger partial charge in [-0.3, -0.25) is 4.79 Å². The number of fused-ring (bicyclic) bond motifs is 1. The third-order valence-electron chi connectivity index (χ3n) is 5.32. The summed E-state index contributed by atoms with van der Waals surface area (Å²) in [6.45, 7) is 0. The van der Waals surface area contributed by atoms with Crippen LogP contribution in [-0.2, 0) is 4.79 Å². The lowest BCUT2D eigenvalue weighted by atomic mass is 10.1. The van der Waals surface area contributed by atoms with E-state index >= 15 is 0 Å². The Bertz CT molecular complexity index is 1480. The van der Waals surface area contributed by atoms with E-state index in [1.807, 2.05) is 0 Å². The van der Waals surface area contributed by atoms with Gasteiger partial charge in [0.1, 0.15) is 29.1 Å². The van der Waals surface area contributed by atoms with Gasteiger partial charge in [-0.15, -0.1) is 0 Å². The van der Waals surface area contributed by atoms with E-state index in [2.05, 4.69) is 0 Å². The molecular formula is C28H24O9. The van der Waals surface area contributed by atoms with E-state index in [1.54, 1.807) is 49.6 Å². The zero-order valence-electron chi connectivity index (χ0n) is 20.6. The average Bonchev–Trinajstić information content (AvgIpc) is 2.93. The summed E-state index contributed by atoms with van der Waals surface area (Å²) < 4.78 is 37.6. The summed E-state index contributed by atoms with van der Waals surface area (Å²) in [4.78, 5) is 25.2. The normalized spacial score (nSPS) is 10.8. The van der Waals surface area contributed by atoms with E-state index in [9.17, 15) is 9.59 Å². The van der Waals surface area contributed by atoms with Crippen molar-refractivity contribution in [2.75, 3.05) is 28.4 Å². The molecule has 3 aromatic carbocycles. The zero-order chi connectivity index (χ0) is 26.4. The van der Waals surface area contributed by atoms with E-state index in [4.69, 9.17) is 32.8 Å². The molecule has 4 rings (SSSR count). The van der Waals surface area contributed by atoms with Crippen molar-refractivity contribution >= 4 is 23.0 Å². The van der Waals surface area contributed by atoms with Gasteiger partial charge < -0.3 is 32.8 Å². The SMILES string of the molecule is COc1ccc(Oc2coc3cc(OC(=O)C=Cc4cc(OC)c(OC)c(OC)c4)ccc3c2=O)cc1. The predicted molar refractivity (Wildman–Crippen MR) is 136 cm³/mol. The number of hydrogen-bond donors (Lipinski definition) is 0. The molecule has 0 fully saturated rings. The largest absolute Gasteiger partial charge is 0.497 e. The minimum atomic E-state index is -0.630. The summed E-state index contributed by atoms with van der Waals surface area (Å²) in [5.41, 5.74) is 0.517. The molecule has 0 radical (unpaired) electrons. The van der Waals surface area contributed by atoms with Gasteiger partial charge >= 0.3 is 5.97 Å². The fraction of sp³-hybridized carbons (Fsp3) is 0.143. The first-order valence-electron chi connectivity index (χ1n) is 11.0. The lowest BCUT2D eigenvalue weighted by Crippen LogP contribution is -2.06. The van der Waals surface area contributed by atoms with Gasteiger partial charge in [-0.1, -0.05) is 0 Å². The first kappa shape index (κ1) is 25.2. The number of esters is 1. The third-order valence-corrected chi connectivity index (χ3v) is 5.32. The molecule has 0 bridgehead atoms. The lowest BCUT2D eigenvalue weighted by Gasteiger charge is -2.12. The maximum atomic E-state index is 12.8. The van der Waals surface area contributed by atoms with Crippen molar-refractivity contribution in [2.45, 2.75) is 0 Å². The second-order valence-corrected chi connectivity index (χ2v) is 7.58. The van der Waals surface area contributed by atoms with Gasteiger partial charge in [0.05, 0.1) is 33.8 Å². The van der Waals surface area contributed by atoms with Crippen LogP contribution in [0.25, 0.3) is 17.0 Å². The summed E-state index contributed by atoms with van der Waals surface area (Å²) >= 11 is 0. The minimum Gasteiger partial charge on any atom is -0.497 e. The topological polar surface area (TPSA) is 103 Å². The summed E-state index contributed by atoms with van der Waals surface area (Å²) in [5.74, 6) is 2.07. The molecule has 37 heavy (non-hydrogen) atoms. The summed E-state index contributed by atoms with van der Waals surface area (Å²) in [5, 5.41) is 0.277. The molecule has 0 aliphatic heterocycles. The Balaban J connectivity index is 1.49. The molecule has 0 amide bonds. The van der Waals surface area contributed by atoms with Crippen LogP contribution in [0.1, 0.15) is 5.56 Å². The van der Waals surface area contributed by atoms with Crippen LogP contribution in [0.3, 0.4) is 0 Å². The first-order valence-corrected chi connectivity index (χ1v) is 11.0. The monoisotopic (exact) mass is 504 g/mol. The Kier molecular flexibility index (Phi) is 7.63. The number of benzene rings is 3. The molecule has 190 valence electrons. The van der Waals surface area contributed by atoms with Crippen LogP contribution < -0.4 is 33.8 Å². The maximum absolute atomic E-state index is 12.8. The Morgan fingerprint density at radius 1 is 0.757 bits per heavy atom. The molecule has 0 N–H and O–H groups in total. The zero-order valence-corrected chi connectivity index (χ0v) is 20.6. The van der Waals surface area contributed by atoms with Crippen LogP contribution in [0.15, 0.2) is 76.1 Å². The van der Waals surface area contributed by atoms with Crippen molar-refractivity contribution in [3.8, 4) is 40.2 Å². The molecular weight excluding hydrogens is 480 g/mol. The number of methoxy groups -OCH3 is 4. The van der Waals surface area contributed by atoms with Crippen molar-refractivity contribution in [3.05, 3.63) is 82.7 Å². The summed E-state index contributed by atoms with van der Waals surface area (Å²) in [6.07, 6.45) is 4.02. The number of carbonyl (C=O) groups excluding carboxylic acids is 1. The fourth-order valence-electron chi connectivity index (χ4n) is 3.51. The molecule has 0 aliphatic carbocycles. The van der Waals surface area contributed by atoms with E-state index in [-0.39, 0.29) is 27.9 Å². The first-order chi connectivity index (χ1) is 17.9. The number of ether oxygens (including phenoxy) is 6. The highest BCUT2D eigenvalue weighted by Gasteiger charge is 2.13. The Morgan fingerprint density at radius 3 is 2.03 bits per heavy atom. The highest BCUT2D eigenvalue weighted by Crippen LogP contribution is 2.38. The van der Waals surface area contributed by atoms with Gasteiger partial charge in [0.25, 0.3) is 0 Å². The number of hydrogen-bond acceptors (Lipinski definition) is 9. The van der Waals surface area contributed by atoms with Gasteiger partial charge in [-0.25, -0.2) is 4.79 Å². The van der Waals surface area contributed by atoms with Gasteiger partial charge in [-0.2, -0.15) is 0 Å². The van der Waals surface area contributed by atoms with E-state index in [0.717, 1.165) is 0 Å². The van der Waals surface area contributed by atoms with Crippen molar-refractivity contribution in [1.29, 1.82) is 0 Å². The fourth-order valence-corrected chi connectivity index (χ4v) is 3.51. The summed E-state index contributed by atoms with van der Waals surface area (Å²) in [7, 11) is 6.08. The minimum absolute atomic E-state index is 0.0238. The summed E-state index contributed by atoms with van der Waals surface area (Å²) in [6, 6.07) is 14.6. The standard InChI is InChI=1S/C28H24O9/c1-31-18-6-8-19(9-7-18)36-25-16-35-22-15-20(10-11-21(22)27(25)30)37-26(29)12-5-17-13-23(32-2)28(34-4)24(14-17)33-3/h5-16H,1-4H3. The molecule has 0 saturated carbocycles. The molecule has 1 heterocycles. The molecule has 0 unspecified atom stereocenters. The van der Waals surface area contributed by atoms with E-state index in [1.165, 1.54) is 51.9 Å².